The Morgan fingerprint density at radius 3 is 2.45 bits per heavy atom. The summed E-state index contributed by atoms with van der Waals surface area (Å²) in [5.74, 6) is 0.851. The zero-order valence-corrected chi connectivity index (χ0v) is 7.68. The van der Waals surface area contributed by atoms with Gasteiger partial charge in [-0.15, -0.1) is 0 Å². The first-order valence-electron chi connectivity index (χ1n) is 5.10. The van der Waals surface area contributed by atoms with Crippen LogP contribution >= 0.6 is 0 Å². The van der Waals surface area contributed by atoms with Crippen LogP contribution in [0.2, 0.25) is 0 Å². The average molecular weight is 155 g/mol. The molecule has 1 nitrogen and oxygen atoms in total. The molecule has 1 saturated carbocycles. The van der Waals surface area contributed by atoms with Gasteiger partial charge in [0.2, 0.25) is 0 Å². The van der Waals surface area contributed by atoms with Crippen molar-refractivity contribution in [3.05, 3.63) is 0 Å². The van der Waals surface area contributed by atoms with Crippen molar-refractivity contribution in [2.75, 3.05) is 0 Å². The number of nitrogens with two attached hydrogens (primary N) is 1. The van der Waals surface area contributed by atoms with Crippen molar-refractivity contribution < 1.29 is 0 Å². The van der Waals surface area contributed by atoms with Crippen molar-refractivity contribution in [2.24, 2.45) is 11.7 Å². The molecule has 0 aromatic heterocycles. The first-order valence-corrected chi connectivity index (χ1v) is 5.10. The molecule has 1 heteroatoms. The lowest BCUT2D eigenvalue weighted by molar-refractivity contribution is 0.294. The van der Waals surface area contributed by atoms with Crippen LogP contribution in [-0.4, -0.2) is 6.04 Å². The van der Waals surface area contributed by atoms with Crippen molar-refractivity contribution in [2.45, 2.75) is 57.9 Å². The molecule has 1 rings (SSSR count). The van der Waals surface area contributed by atoms with Crippen LogP contribution in [0.15, 0.2) is 0 Å². The lowest BCUT2D eigenvalue weighted by Gasteiger charge is -2.27. The molecule has 0 aromatic carbocycles. The Morgan fingerprint density at radius 1 is 1.27 bits per heavy atom. The van der Waals surface area contributed by atoms with E-state index in [9.17, 15) is 0 Å². The van der Waals surface area contributed by atoms with Crippen molar-refractivity contribution in [1.29, 1.82) is 0 Å². The Kier molecular flexibility index (Phi) is 3.92. The predicted molar refractivity (Wildman–Crippen MR) is 49.5 cm³/mol. The third-order valence-electron chi connectivity index (χ3n) is 2.88. The molecule has 1 aliphatic carbocycles. The fourth-order valence-corrected chi connectivity index (χ4v) is 2.13. The van der Waals surface area contributed by atoms with Crippen LogP contribution in [0.25, 0.3) is 0 Å². The quantitative estimate of drug-likeness (QED) is 0.666. The zero-order valence-electron chi connectivity index (χ0n) is 7.68. The molecule has 1 atom stereocenters. The van der Waals surface area contributed by atoms with Gasteiger partial charge in [0.1, 0.15) is 0 Å². The van der Waals surface area contributed by atoms with E-state index in [4.69, 9.17) is 5.73 Å². The minimum atomic E-state index is 0.500. The van der Waals surface area contributed by atoms with E-state index in [0.29, 0.717) is 6.04 Å². The van der Waals surface area contributed by atoms with Crippen molar-refractivity contribution >= 4 is 0 Å². The number of hydrogen-bond acceptors (Lipinski definition) is 1. The van der Waals surface area contributed by atoms with Gasteiger partial charge in [-0.1, -0.05) is 32.6 Å². The monoisotopic (exact) mass is 155 g/mol. The van der Waals surface area contributed by atoms with Gasteiger partial charge in [0.15, 0.2) is 0 Å². The minimum Gasteiger partial charge on any atom is -0.327 e. The van der Waals surface area contributed by atoms with Crippen LogP contribution in [0.3, 0.4) is 0 Å². The Labute approximate surface area is 70.4 Å². The van der Waals surface area contributed by atoms with Gasteiger partial charge in [-0.25, -0.2) is 0 Å². The fraction of sp³-hybridized carbons (Fsp3) is 1.00. The van der Waals surface area contributed by atoms with Crippen molar-refractivity contribution in [1.82, 2.24) is 0 Å². The largest absolute Gasteiger partial charge is 0.327 e. The van der Waals surface area contributed by atoms with E-state index in [2.05, 4.69) is 6.92 Å². The van der Waals surface area contributed by atoms with Gasteiger partial charge >= 0.3 is 0 Å². The summed E-state index contributed by atoms with van der Waals surface area (Å²) in [6.07, 6.45) is 9.53. The van der Waals surface area contributed by atoms with Crippen molar-refractivity contribution in [3.8, 4) is 0 Å². The summed E-state index contributed by atoms with van der Waals surface area (Å²) >= 11 is 0. The summed E-state index contributed by atoms with van der Waals surface area (Å²) in [4.78, 5) is 0. The van der Waals surface area contributed by atoms with E-state index < -0.39 is 0 Å². The van der Waals surface area contributed by atoms with Gasteiger partial charge in [0.05, 0.1) is 0 Å². The molecule has 1 fully saturated rings. The third-order valence-corrected chi connectivity index (χ3v) is 2.88. The van der Waals surface area contributed by atoms with E-state index in [-0.39, 0.29) is 0 Å². The fourth-order valence-electron chi connectivity index (χ4n) is 2.13. The molecule has 11 heavy (non-hydrogen) atoms. The second kappa shape index (κ2) is 4.76. The highest BCUT2D eigenvalue weighted by Gasteiger charge is 2.19. The summed E-state index contributed by atoms with van der Waals surface area (Å²) in [6, 6.07) is 0.500. The van der Waals surface area contributed by atoms with Gasteiger partial charge in [0.25, 0.3) is 0 Å². The molecule has 0 aromatic rings. The molecular formula is C10H21N. The van der Waals surface area contributed by atoms with Crippen LogP contribution < -0.4 is 5.73 Å². The molecule has 0 saturated heterocycles. The zero-order chi connectivity index (χ0) is 8.10. The number of rotatable bonds is 3. The normalized spacial score (nSPS) is 23.5. The lowest BCUT2D eigenvalue weighted by atomic mass is 9.83. The summed E-state index contributed by atoms with van der Waals surface area (Å²) in [7, 11) is 0. The smallest absolute Gasteiger partial charge is 0.00670 e. The summed E-state index contributed by atoms with van der Waals surface area (Å²) in [5.41, 5.74) is 6.06. The molecule has 0 heterocycles. The Morgan fingerprint density at radius 2 is 1.91 bits per heavy atom. The molecule has 66 valence electrons. The minimum absolute atomic E-state index is 0.500. The van der Waals surface area contributed by atoms with E-state index >= 15 is 0 Å². The molecule has 0 spiro atoms. The second-order valence-electron chi connectivity index (χ2n) is 3.85. The van der Waals surface area contributed by atoms with Crippen LogP contribution in [0.4, 0.5) is 0 Å². The average Bonchev–Trinajstić information content (AvgIpc) is 2.07. The predicted octanol–water partition coefficient (Wildman–Crippen LogP) is 2.69. The highest BCUT2D eigenvalue weighted by atomic mass is 14.6. The van der Waals surface area contributed by atoms with Crippen LogP contribution in [-0.2, 0) is 0 Å². The maximum atomic E-state index is 6.06. The van der Waals surface area contributed by atoms with Crippen molar-refractivity contribution in [3.63, 3.8) is 0 Å². The first kappa shape index (κ1) is 9.05. The highest BCUT2D eigenvalue weighted by molar-refractivity contribution is 4.75. The molecular weight excluding hydrogens is 134 g/mol. The molecule has 1 aliphatic rings. The topological polar surface area (TPSA) is 26.0 Å². The second-order valence-corrected chi connectivity index (χ2v) is 3.85. The molecule has 0 radical (unpaired) electrons. The Balaban J connectivity index is 2.21. The molecule has 0 bridgehead atoms. The van der Waals surface area contributed by atoms with Crippen LogP contribution in [0, 0.1) is 5.92 Å². The molecule has 0 unspecified atom stereocenters. The Hall–Kier alpha value is -0.0400. The SMILES string of the molecule is CCC[C@@H](N)C1CCCCC1. The third kappa shape index (κ3) is 2.82. The van der Waals surface area contributed by atoms with Gasteiger partial charge in [-0.3, -0.25) is 0 Å². The van der Waals surface area contributed by atoms with Gasteiger partial charge in [0, 0.05) is 6.04 Å². The first-order chi connectivity index (χ1) is 5.34. The standard InChI is InChI=1S/C10H21N/c1-2-6-10(11)9-7-4-3-5-8-9/h9-10H,2-8,11H2,1H3/t10-/m1/s1. The van der Waals surface area contributed by atoms with Crippen LogP contribution in [0.1, 0.15) is 51.9 Å². The Bertz CT molecular complexity index is 95.0. The summed E-state index contributed by atoms with van der Waals surface area (Å²) < 4.78 is 0. The van der Waals surface area contributed by atoms with E-state index in [0.717, 1.165) is 5.92 Å². The van der Waals surface area contributed by atoms with Gasteiger partial charge in [-0.05, 0) is 25.2 Å². The maximum Gasteiger partial charge on any atom is 0.00670 e. The molecule has 2 N–H and O–H groups in total. The van der Waals surface area contributed by atoms with E-state index in [1.54, 1.807) is 0 Å². The van der Waals surface area contributed by atoms with Gasteiger partial charge in [-0.2, -0.15) is 0 Å². The highest BCUT2D eigenvalue weighted by Crippen LogP contribution is 2.26. The molecule has 0 amide bonds. The summed E-state index contributed by atoms with van der Waals surface area (Å²) in [5, 5.41) is 0. The van der Waals surface area contributed by atoms with E-state index in [1.807, 2.05) is 0 Å². The maximum absolute atomic E-state index is 6.06. The molecule has 0 aliphatic heterocycles. The van der Waals surface area contributed by atoms with Crippen LogP contribution in [0.5, 0.6) is 0 Å². The number of hydrogen-bond donors (Lipinski definition) is 1. The lowest BCUT2D eigenvalue weighted by Crippen LogP contribution is -2.31. The van der Waals surface area contributed by atoms with Gasteiger partial charge < -0.3 is 5.73 Å². The summed E-state index contributed by atoms with van der Waals surface area (Å²) in [6.45, 7) is 2.22. The van der Waals surface area contributed by atoms with E-state index in [1.165, 1.54) is 44.9 Å².